The van der Waals surface area contributed by atoms with E-state index in [-0.39, 0.29) is 5.91 Å². The van der Waals surface area contributed by atoms with Gasteiger partial charge < -0.3 is 19.7 Å². The van der Waals surface area contributed by atoms with Crippen LogP contribution in [0.2, 0.25) is 0 Å². The van der Waals surface area contributed by atoms with E-state index in [2.05, 4.69) is 10.3 Å². The van der Waals surface area contributed by atoms with E-state index >= 15 is 0 Å². The van der Waals surface area contributed by atoms with E-state index in [0.29, 0.717) is 31.0 Å². The maximum atomic E-state index is 13.2. The van der Waals surface area contributed by atoms with Crippen LogP contribution in [0.25, 0.3) is 10.9 Å². The maximum Gasteiger partial charge on any atom is 0.408 e. The van der Waals surface area contributed by atoms with Crippen molar-refractivity contribution in [3.8, 4) is 5.75 Å². The monoisotopic (exact) mass is 520 g/mol. The molecule has 0 bridgehead atoms. The van der Waals surface area contributed by atoms with Crippen LogP contribution < -0.4 is 20.4 Å². The number of pyridine rings is 1. The molecular formula is C28H32N4O6. The summed E-state index contributed by atoms with van der Waals surface area (Å²) in [5.41, 5.74) is 4.23. The molecule has 0 saturated carbocycles. The first-order chi connectivity index (χ1) is 18.1. The normalized spacial score (nSPS) is 16.3. The molecule has 1 saturated heterocycles. The molecule has 4 rings (SSSR count). The van der Waals surface area contributed by atoms with Crippen molar-refractivity contribution < 1.29 is 29.1 Å². The van der Waals surface area contributed by atoms with E-state index in [1.807, 2.05) is 37.3 Å². The first-order valence-corrected chi connectivity index (χ1v) is 12.4. The van der Waals surface area contributed by atoms with Crippen molar-refractivity contribution in [1.82, 2.24) is 15.8 Å². The zero-order chi connectivity index (χ0) is 27.4. The lowest BCUT2D eigenvalue weighted by molar-refractivity contribution is -0.135. The van der Waals surface area contributed by atoms with Crippen LogP contribution in [0.4, 0.5) is 10.5 Å². The number of carbonyl (C=O) groups excluding carboxylic acids is 3. The number of ether oxygens (including phenoxy) is 2. The highest BCUT2D eigenvalue weighted by Crippen LogP contribution is 2.29. The van der Waals surface area contributed by atoms with E-state index in [0.717, 1.165) is 22.2 Å². The second-order valence-electron chi connectivity index (χ2n) is 10.2. The fraction of sp³-hybridized carbons (Fsp3) is 0.357. The topological polar surface area (TPSA) is 130 Å². The van der Waals surface area contributed by atoms with Crippen LogP contribution in [-0.4, -0.2) is 46.3 Å². The van der Waals surface area contributed by atoms with Crippen LogP contribution in [0.15, 0.2) is 54.6 Å². The Hall–Kier alpha value is -4.18. The highest BCUT2D eigenvalue weighted by molar-refractivity contribution is 6.01. The Morgan fingerprint density at radius 1 is 1.16 bits per heavy atom. The second-order valence-corrected chi connectivity index (χ2v) is 10.2. The number of anilines is 1. The van der Waals surface area contributed by atoms with Crippen LogP contribution in [0.1, 0.15) is 38.4 Å². The number of benzene rings is 2. The van der Waals surface area contributed by atoms with Gasteiger partial charge in [-0.25, -0.2) is 10.3 Å². The van der Waals surface area contributed by atoms with E-state index in [4.69, 9.17) is 9.47 Å². The molecule has 3 aromatic rings. The zero-order valence-corrected chi connectivity index (χ0v) is 21.9. The second kappa shape index (κ2) is 11.1. The molecule has 0 radical (unpaired) electrons. The van der Waals surface area contributed by atoms with Crippen molar-refractivity contribution in [3.05, 3.63) is 65.9 Å². The van der Waals surface area contributed by atoms with Crippen LogP contribution >= 0.6 is 0 Å². The number of fused-ring (bicyclic) bond motifs is 1. The molecule has 10 heteroatoms. The van der Waals surface area contributed by atoms with Gasteiger partial charge in [0.25, 0.3) is 5.91 Å². The molecule has 1 fully saturated rings. The van der Waals surface area contributed by atoms with Crippen molar-refractivity contribution in [2.45, 2.75) is 52.4 Å². The molecule has 2 atom stereocenters. The summed E-state index contributed by atoms with van der Waals surface area (Å²) in [4.78, 5) is 43.9. The zero-order valence-electron chi connectivity index (χ0n) is 21.9. The Morgan fingerprint density at radius 3 is 2.55 bits per heavy atom. The number of nitrogens with one attached hydrogen (secondary N) is 2. The summed E-state index contributed by atoms with van der Waals surface area (Å²) in [6.07, 6.45) is -0.546. The Labute approximate surface area is 220 Å². The molecule has 0 spiro atoms. The number of hydrogen-bond acceptors (Lipinski definition) is 7. The van der Waals surface area contributed by atoms with Crippen LogP contribution in [-0.2, 0) is 20.9 Å². The van der Waals surface area contributed by atoms with Gasteiger partial charge in [0.05, 0.1) is 11.4 Å². The largest absolute Gasteiger partial charge is 0.489 e. The van der Waals surface area contributed by atoms with Gasteiger partial charge >= 0.3 is 6.09 Å². The smallest absolute Gasteiger partial charge is 0.408 e. The van der Waals surface area contributed by atoms with Crippen molar-refractivity contribution >= 4 is 34.5 Å². The predicted molar refractivity (Wildman–Crippen MR) is 141 cm³/mol. The first kappa shape index (κ1) is 26.9. The molecule has 2 heterocycles. The summed E-state index contributed by atoms with van der Waals surface area (Å²) in [5, 5.41) is 12.6. The van der Waals surface area contributed by atoms with Gasteiger partial charge in [-0.1, -0.05) is 18.2 Å². The molecule has 200 valence electrons. The fourth-order valence-electron chi connectivity index (χ4n) is 4.52. The van der Waals surface area contributed by atoms with Gasteiger partial charge in [0.2, 0.25) is 5.91 Å². The average molecular weight is 521 g/mol. The summed E-state index contributed by atoms with van der Waals surface area (Å²) in [6.45, 7) is 7.71. The van der Waals surface area contributed by atoms with E-state index in [1.54, 1.807) is 49.9 Å². The Morgan fingerprint density at radius 2 is 1.87 bits per heavy atom. The SMILES string of the molecule is Cc1cc(COc2ccc(N3CC[C@H]([C@H](NC(=O)OC(C)(C)C)C(=O)NO)C3=O)cc2)c2ccccc2n1. The molecular weight excluding hydrogens is 488 g/mol. The number of hydroxylamine groups is 1. The van der Waals surface area contributed by atoms with Crippen molar-refractivity contribution in [1.29, 1.82) is 0 Å². The van der Waals surface area contributed by atoms with Crippen molar-refractivity contribution in [3.63, 3.8) is 0 Å². The third-order valence-corrected chi connectivity index (χ3v) is 6.19. The summed E-state index contributed by atoms with van der Waals surface area (Å²) < 4.78 is 11.2. The summed E-state index contributed by atoms with van der Waals surface area (Å²) in [5.74, 6) is -1.46. The van der Waals surface area contributed by atoms with E-state index in [1.165, 1.54) is 5.48 Å². The highest BCUT2D eigenvalue weighted by Gasteiger charge is 2.42. The Bertz CT molecular complexity index is 1340. The lowest BCUT2D eigenvalue weighted by Gasteiger charge is -2.25. The molecule has 0 aliphatic carbocycles. The molecule has 1 aromatic heterocycles. The number of alkyl carbamates (subject to hydrolysis) is 1. The molecule has 38 heavy (non-hydrogen) atoms. The number of aromatic nitrogens is 1. The van der Waals surface area contributed by atoms with Gasteiger partial charge in [0.15, 0.2) is 0 Å². The average Bonchev–Trinajstić information content (AvgIpc) is 3.25. The Kier molecular flexibility index (Phi) is 7.82. The number of para-hydroxylation sites is 1. The quantitative estimate of drug-likeness (QED) is 0.318. The number of nitrogens with zero attached hydrogens (tertiary/aromatic N) is 2. The van der Waals surface area contributed by atoms with Crippen LogP contribution in [0.3, 0.4) is 0 Å². The van der Waals surface area contributed by atoms with Gasteiger partial charge in [-0.05, 0) is 70.5 Å². The van der Waals surface area contributed by atoms with Crippen molar-refractivity contribution in [2.75, 3.05) is 11.4 Å². The number of rotatable bonds is 7. The maximum absolute atomic E-state index is 13.2. The van der Waals surface area contributed by atoms with E-state index < -0.39 is 29.6 Å². The highest BCUT2D eigenvalue weighted by atomic mass is 16.6. The summed E-state index contributed by atoms with van der Waals surface area (Å²) in [6, 6.07) is 15.7. The van der Waals surface area contributed by atoms with E-state index in [9.17, 15) is 19.6 Å². The molecule has 1 aliphatic heterocycles. The third-order valence-electron chi connectivity index (χ3n) is 6.19. The number of hydrogen-bond donors (Lipinski definition) is 3. The van der Waals surface area contributed by atoms with Gasteiger partial charge in [0.1, 0.15) is 24.0 Å². The number of amides is 3. The summed E-state index contributed by atoms with van der Waals surface area (Å²) >= 11 is 0. The van der Waals surface area contributed by atoms with Crippen LogP contribution in [0.5, 0.6) is 5.75 Å². The molecule has 3 amide bonds. The van der Waals surface area contributed by atoms with Gasteiger partial charge in [0, 0.05) is 28.9 Å². The van der Waals surface area contributed by atoms with Gasteiger partial charge in [-0.15, -0.1) is 0 Å². The van der Waals surface area contributed by atoms with Gasteiger partial charge in [-0.2, -0.15) is 0 Å². The van der Waals surface area contributed by atoms with Gasteiger partial charge in [-0.3, -0.25) is 19.8 Å². The molecule has 2 aromatic carbocycles. The molecule has 10 nitrogen and oxygen atoms in total. The minimum Gasteiger partial charge on any atom is -0.489 e. The number of carbonyl (C=O) groups is 3. The molecule has 1 aliphatic rings. The molecule has 3 N–H and O–H groups in total. The summed E-state index contributed by atoms with van der Waals surface area (Å²) in [7, 11) is 0. The standard InChI is InChI=1S/C28H32N4O6/c1-17-15-18(21-7-5-6-8-23(21)29-17)16-37-20-11-9-19(10-12-20)32-14-13-22(26(32)34)24(25(33)31-36)30-27(35)38-28(2,3)4/h5-12,15,22,24,36H,13-14,16H2,1-4H3,(H,30,35)(H,31,33)/t22-,24+/m1/s1. The Balaban J connectivity index is 1.43. The lowest BCUT2D eigenvalue weighted by Crippen LogP contribution is -2.53. The first-order valence-electron chi connectivity index (χ1n) is 12.4. The number of aryl methyl sites for hydroxylation is 1. The molecule has 0 unspecified atom stereocenters. The fourth-order valence-corrected chi connectivity index (χ4v) is 4.52. The minimum atomic E-state index is -1.28. The lowest BCUT2D eigenvalue weighted by atomic mass is 9.97. The minimum absolute atomic E-state index is 0.305. The van der Waals surface area contributed by atoms with Crippen molar-refractivity contribution in [2.24, 2.45) is 5.92 Å². The third kappa shape index (κ3) is 6.20. The van der Waals surface area contributed by atoms with Crippen LogP contribution in [0, 0.1) is 12.8 Å². The predicted octanol–water partition coefficient (Wildman–Crippen LogP) is 3.87.